The first-order valence-electron chi connectivity index (χ1n) is 10.5. The lowest BCUT2D eigenvalue weighted by molar-refractivity contribution is 0.0827. The molecule has 0 saturated carbocycles. The van der Waals surface area contributed by atoms with Crippen molar-refractivity contribution in [2.45, 2.75) is 44.4 Å². The lowest BCUT2D eigenvalue weighted by Crippen LogP contribution is -2.21. The van der Waals surface area contributed by atoms with Crippen LogP contribution >= 0.6 is 0 Å². The van der Waals surface area contributed by atoms with Gasteiger partial charge in [-0.05, 0) is 62.3 Å². The molecule has 0 aliphatic carbocycles. The van der Waals surface area contributed by atoms with Crippen LogP contribution in [0.3, 0.4) is 0 Å². The Morgan fingerprint density at radius 1 is 0.968 bits per heavy atom. The Morgan fingerprint density at radius 3 is 2.03 bits per heavy atom. The first-order valence-corrected chi connectivity index (χ1v) is 12.1. The topological polar surface area (TPSA) is 102 Å². The number of primary sulfonamides is 1. The van der Waals surface area contributed by atoms with E-state index in [1.54, 1.807) is 50.5 Å². The number of carbonyl (C=O) groups is 1. The van der Waals surface area contributed by atoms with Crippen LogP contribution in [-0.2, 0) is 10.0 Å². The normalized spacial score (nSPS) is 10.7. The number of rotatable bonds is 10. The van der Waals surface area contributed by atoms with Crippen molar-refractivity contribution in [3.63, 3.8) is 0 Å². The fourth-order valence-corrected chi connectivity index (χ4v) is 3.05. The molecule has 172 valence electrons. The molecule has 0 atom stereocenters. The van der Waals surface area contributed by atoms with E-state index in [-0.39, 0.29) is 10.8 Å². The Labute approximate surface area is 186 Å². The number of unbranched alkanes of at least 4 members (excludes halogenated alkanes) is 2. The second kappa shape index (κ2) is 13.8. The second-order valence-corrected chi connectivity index (χ2v) is 8.86. The Kier molecular flexibility index (Phi) is 11.8. The van der Waals surface area contributed by atoms with Gasteiger partial charge in [0.15, 0.2) is 0 Å². The van der Waals surface area contributed by atoms with Crippen LogP contribution in [-0.4, -0.2) is 46.4 Å². The molecule has 1 amide bonds. The summed E-state index contributed by atoms with van der Waals surface area (Å²) in [7, 11) is -0.431. The van der Waals surface area contributed by atoms with Crippen LogP contribution in [0, 0.1) is 0 Å². The molecule has 7 nitrogen and oxygen atoms in total. The lowest BCUT2D eigenvalue weighted by atomic mass is 10.2. The van der Waals surface area contributed by atoms with Gasteiger partial charge >= 0.3 is 0 Å². The number of sulfonamides is 1. The highest BCUT2D eigenvalue weighted by atomic mass is 32.2. The van der Waals surface area contributed by atoms with E-state index < -0.39 is 10.0 Å². The molecule has 0 saturated heterocycles. The Balaban J connectivity index is 0.000000452. The number of hydrogen-bond acceptors (Lipinski definition) is 5. The lowest BCUT2D eigenvalue weighted by Gasteiger charge is -2.11. The zero-order chi connectivity index (χ0) is 23.3. The third-order valence-corrected chi connectivity index (χ3v) is 5.20. The maximum absolute atomic E-state index is 11.8. The summed E-state index contributed by atoms with van der Waals surface area (Å²) in [6.45, 7) is 6.86. The second-order valence-electron chi connectivity index (χ2n) is 7.30. The van der Waals surface area contributed by atoms with Gasteiger partial charge in [-0.15, -0.1) is 0 Å². The van der Waals surface area contributed by atoms with Crippen molar-refractivity contribution in [3.05, 3.63) is 54.1 Å². The number of nitrogens with two attached hydrogens (primary N) is 1. The number of nitrogens with zero attached hydrogens (tertiary/aromatic N) is 1. The van der Waals surface area contributed by atoms with E-state index in [4.69, 9.17) is 9.88 Å². The minimum absolute atomic E-state index is 0.0237. The number of nitrogens with one attached hydrogen (secondary N) is 1. The van der Waals surface area contributed by atoms with Crippen molar-refractivity contribution in [1.29, 1.82) is 0 Å². The van der Waals surface area contributed by atoms with E-state index in [1.165, 1.54) is 55.8 Å². The quantitative estimate of drug-likeness (QED) is 0.534. The van der Waals surface area contributed by atoms with Gasteiger partial charge in [0.05, 0.1) is 4.90 Å². The SMILES string of the molecule is CCCCNCCCC.CN(C)C(=O)c1ccc(Oc2cccc(S(N)(=O)=O)c2)cc1. The number of ether oxygens (including phenoxy) is 1. The average molecular weight is 450 g/mol. The van der Waals surface area contributed by atoms with Crippen LogP contribution in [0.15, 0.2) is 53.4 Å². The van der Waals surface area contributed by atoms with Crippen molar-refractivity contribution < 1.29 is 17.9 Å². The molecule has 0 unspecified atom stereocenters. The number of benzene rings is 2. The van der Waals surface area contributed by atoms with Crippen molar-refractivity contribution >= 4 is 15.9 Å². The van der Waals surface area contributed by atoms with Crippen LogP contribution < -0.4 is 15.2 Å². The van der Waals surface area contributed by atoms with Crippen LogP contribution in [0.5, 0.6) is 11.5 Å². The maximum atomic E-state index is 11.8. The minimum Gasteiger partial charge on any atom is -0.457 e. The first-order chi connectivity index (χ1) is 14.7. The van der Waals surface area contributed by atoms with Crippen molar-refractivity contribution in [3.8, 4) is 11.5 Å². The molecule has 0 aliphatic rings. The molecule has 0 fully saturated rings. The predicted molar refractivity (Wildman–Crippen MR) is 125 cm³/mol. The van der Waals surface area contributed by atoms with E-state index in [0.717, 1.165) is 0 Å². The highest BCUT2D eigenvalue weighted by Crippen LogP contribution is 2.24. The molecular formula is C23H35N3O4S. The highest BCUT2D eigenvalue weighted by Gasteiger charge is 2.10. The molecule has 2 aromatic carbocycles. The van der Waals surface area contributed by atoms with E-state index in [1.807, 2.05) is 0 Å². The Hall–Kier alpha value is -2.42. The van der Waals surface area contributed by atoms with E-state index in [2.05, 4.69) is 19.2 Å². The summed E-state index contributed by atoms with van der Waals surface area (Å²) in [5.41, 5.74) is 0.538. The third kappa shape index (κ3) is 10.4. The van der Waals surface area contributed by atoms with Gasteiger partial charge in [-0.3, -0.25) is 4.79 Å². The molecule has 3 N–H and O–H groups in total. The fraction of sp³-hybridized carbons (Fsp3) is 0.435. The summed E-state index contributed by atoms with van der Waals surface area (Å²) < 4.78 is 28.2. The number of hydrogen-bond donors (Lipinski definition) is 2. The Morgan fingerprint density at radius 2 is 1.55 bits per heavy atom. The summed E-state index contributed by atoms with van der Waals surface area (Å²) >= 11 is 0. The molecule has 2 rings (SSSR count). The van der Waals surface area contributed by atoms with Gasteiger partial charge in [0.2, 0.25) is 10.0 Å². The van der Waals surface area contributed by atoms with Crippen LogP contribution in [0.4, 0.5) is 0 Å². The van der Waals surface area contributed by atoms with E-state index in [9.17, 15) is 13.2 Å². The van der Waals surface area contributed by atoms with Crippen LogP contribution in [0.2, 0.25) is 0 Å². The minimum atomic E-state index is -3.78. The van der Waals surface area contributed by atoms with Gasteiger partial charge < -0.3 is 15.0 Å². The Bertz CT molecular complexity index is 891. The maximum Gasteiger partial charge on any atom is 0.253 e. The highest BCUT2D eigenvalue weighted by molar-refractivity contribution is 7.89. The molecule has 0 aromatic heterocycles. The van der Waals surface area contributed by atoms with Gasteiger partial charge in [0.25, 0.3) is 5.91 Å². The molecule has 31 heavy (non-hydrogen) atoms. The van der Waals surface area contributed by atoms with Crippen molar-refractivity contribution in [1.82, 2.24) is 10.2 Å². The number of carbonyl (C=O) groups excluding carboxylic acids is 1. The predicted octanol–water partition coefficient (Wildman–Crippen LogP) is 4.00. The van der Waals surface area contributed by atoms with Gasteiger partial charge in [-0.1, -0.05) is 32.8 Å². The molecule has 0 radical (unpaired) electrons. The van der Waals surface area contributed by atoms with Crippen molar-refractivity contribution in [2.24, 2.45) is 5.14 Å². The average Bonchev–Trinajstić information content (AvgIpc) is 2.74. The molecular weight excluding hydrogens is 414 g/mol. The smallest absolute Gasteiger partial charge is 0.253 e. The summed E-state index contributed by atoms with van der Waals surface area (Å²) in [6.07, 6.45) is 5.26. The zero-order valence-corrected chi connectivity index (χ0v) is 19.7. The van der Waals surface area contributed by atoms with Crippen LogP contribution in [0.1, 0.15) is 49.9 Å². The van der Waals surface area contributed by atoms with Crippen molar-refractivity contribution in [2.75, 3.05) is 27.2 Å². The fourth-order valence-electron chi connectivity index (χ4n) is 2.50. The first kappa shape index (κ1) is 26.6. The molecule has 8 heteroatoms. The van der Waals surface area contributed by atoms with Gasteiger partial charge in [0, 0.05) is 25.7 Å². The van der Waals surface area contributed by atoms with E-state index in [0.29, 0.717) is 17.1 Å². The summed E-state index contributed by atoms with van der Waals surface area (Å²) in [5, 5.41) is 8.46. The van der Waals surface area contributed by atoms with E-state index >= 15 is 0 Å². The zero-order valence-electron chi connectivity index (χ0n) is 18.9. The molecule has 0 heterocycles. The monoisotopic (exact) mass is 449 g/mol. The molecule has 0 bridgehead atoms. The van der Waals surface area contributed by atoms with Gasteiger partial charge in [-0.2, -0.15) is 0 Å². The standard InChI is InChI=1S/C15H16N2O4S.C8H19N/c1-17(2)15(18)11-6-8-12(9-7-11)21-13-4-3-5-14(10-13)22(16,19)20;1-3-5-7-9-8-6-4-2/h3-10H,1-2H3,(H2,16,19,20);9H,3-8H2,1-2H3. The molecule has 2 aromatic rings. The molecule has 0 spiro atoms. The van der Waals surface area contributed by atoms with Crippen LogP contribution in [0.25, 0.3) is 0 Å². The summed E-state index contributed by atoms with van der Waals surface area (Å²) in [6, 6.07) is 12.4. The van der Waals surface area contributed by atoms with Gasteiger partial charge in [-0.25, -0.2) is 13.6 Å². The number of amides is 1. The van der Waals surface area contributed by atoms with Gasteiger partial charge in [0.1, 0.15) is 11.5 Å². The summed E-state index contributed by atoms with van der Waals surface area (Å²) in [5.74, 6) is 0.725. The third-order valence-electron chi connectivity index (χ3n) is 4.29. The summed E-state index contributed by atoms with van der Waals surface area (Å²) in [4.78, 5) is 13.2. The molecule has 0 aliphatic heterocycles. The largest absolute Gasteiger partial charge is 0.457 e.